The molecular weight excluding hydrogens is 185 g/mol. The molecule has 0 aromatic heterocycles. The second-order valence-corrected chi connectivity index (χ2v) is 3.09. The molecule has 2 atom stereocenters. The standard InChI is InChI=1S/C4H10AsNO3/c1-3(7)2-6(5)4(8)9/h3,7H,2,5H2,1H3,(H,8,9)/t3-/m1/s1. The van der Waals surface area contributed by atoms with E-state index in [-0.39, 0.29) is 6.54 Å². The number of rotatable bonds is 2. The first-order valence-corrected chi connectivity index (χ1v) is 3.55. The summed E-state index contributed by atoms with van der Waals surface area (Å²) < 4.78 is 1.09. The van der Waals surface area contributed by atoms with Crippen LogP contribution in [-0.2, 0) is 0 Å². The topological polar surface area (TPSA) is 60.8 Å². The normalized spacial score (nSPS) is 12.8. The Morgan fingerprint density at radius 1 is 1.89 bits per heavy atom. The quantitative estimate of drug-likeness (QED) is 0.549. The zero-order valence-electron chi connectivity index (χ0n) is 5.11. The summed E-state index contributed by atoms with van der Waals surface area (Å²) in [6.45, 7) is 1.74. The molecule has 0 saturated carbocycles. The molecule has 4 nitrogen and oxygen atoms in total. The molecule has 9 heavy (non-hydrogen) atoms. The molecule has 2 N–H and O–H groups in total. The number of carbonyl (C=O) groups is 1. The van der Waals surface area contributed by atoms with Gasteiger partial charge in [-0.3, -0.25) is 0 Å². The Morgan fingerprint density at radius 2 is 2.33 bits per heavy atom. The number of nitrogens with zero attached hydrogens (tertiary/aromatic N) is 1. The Kier molecular flexibility index (Phi) is 3.66. The van der Waals surface area contributed by atoms with Gasteiger partial charge in [-0.25, -0.2) is 0 Å². The maximum absolute atomic E-state index is 10.1. The molecule has 0 aromatic rings. The molecule has 1 amide bonds. The van der Waals surface area contributed by atoms with Crippen LogP contribution in [0.3, 0.4) is 0 Å². The van der Waals surface area contributed by atoms with Crippen LogP contribution < -0.4 is 0 Å². The first-order valence-electron chi connectivity index (χ1n) is 2.47. The molecule has 0 radical (unpaired) electrons. The van der Waals surface area contributed by atoms with E-state index in [0.29, 0.717) is 0 Å². The van der Waals surface area contributed by atoms with Crippen molar-refractivity contribution in [3.8, 4) is 0 Å². The van der Waals surface area contributed by atoms with Gasteiger partial charge in [0, 0.05) is 0 Å². The third kappa shape index (κ3) is 4.30. The summed E-state index contributed by atoms with van der Waals surface area (Å²) >= 11 is 0.977. The van der Waals surface area contributed by atoms with Gasteiger partial charge in [-0.1, -0.05) is 0 Å². The fourth-order valence-corrected chi connectivity index (χ4v) is 1.00. The van der Waals surface area contributed by atoms with Crippen molar-refractivity contribution in [3.05, 3.63) is 0 Å². The van der Waals surface area contributed by atoms with E-state index in [0.717, 1.165) is 20.9 Å². The first kappa shape index (κ1) is 8.79. The van der Waals surface area contributed by atoms with E-state index in [4.69, 9.17) is 10.2 Å². The van der Waals surface area contributed by atoms with Crippen molar-refractivity contribution in [1.82, 2.24) is 3.82 Å². The van der Waals surface area contributed by atoms with Gasteiger partial charge in [0.2, 0.25) is 0 Å². The van der Waals surface area contributed by atoms with Crippen LogP contribution >= 0.6 is 0 Å². The van der Waals surface area contributed by atoms with Crippen molar-refractivity contribution < 1.29 is 15.0 Å². The maximum atomic E-state index is 10.1. The first-order chi connectivity index (χ1) is 4.04. The van der Waals surface area contributed by atoms with Crippen LogP contribution in [0.15, 0.2) is 0 Å². The Labute approximate surface area is 62.2 Å². The molecule has 5 heteroatoms. The number of hydrogen-bond acceptors (Lipinski definition) is 2. The summed E-state index contributed by atoms with van der Waals surface area (Å²) in [7, 11) is 0. The predicted octanol–water partition coefficient (Wildman–Crippen LogP) is -1.10. The van der Waals surface area contributed by atoms with E-state index >= 15 is 0 Å². The minimum absolute atomic E-state index is 0.190. The van der Waals surface area contributed by atoms with Crippen molar-refractivity contribution in [2.24, 2.45) is 0 Å². The molecule has 0 aliphatic carbocycles. The summed E-state index contributed by atoms with van der Waals surface area (Å²) in [5, 5.41) is 16.9. The van der Waals surface area contributed by atoms with Gasteiger partial charge >= 0.3 is 61.6 Å². The molecule has 0 heterocycles. The van der Waals surface area contributed by atoms with Crippen molar-refractivity contribution >= 4 is 23.2 Å². The van der Waals surface area contributed by atoms with Crippen LogP contribution in [0, 0.1) is 0 Å². The predicted molar refractivity (Wildman–Crippen MR) is 35.0 cm³/mol. The molecule has 0 spiro atoms. The number of hydrogen-bond donors (Lipinski definition) is 2. The second kappa shape index (κ2) is 3.75. The van der Waals surface area contributed by atoms with E-state index in [1.807, 2.05) is 0 Å². The number of amides is 1. The second-order valence-electron chi connectivity index (χ2n) is 1.78. The molecule has 0 rings (SSSR count). The summed E-state index contributed by atoms with van der Waals surface area (Å²) in [6, 6.07) is 0. The Balaban J connectivity index is 3.50. The van der Waals surface area contributed by atoms with Gasteiger partial charge in [-0.2, -0.15) is 0 Å². The average molecular weight is 195 g/mol. The van der Waals surface area contributed by atoms with E-state index in [2.05, 4.69) is 0 Å². The Hall–Kier alpha value is -0.212. The van der Waals surface area contributed by atoms with Crippen molar-refractivity contribution in [2.45, 2.75) is 13.0 Å². The third-order valence-corrected chi connectivity index (χ3v) is 1.61. The molecule has 0 bridgehead atoms. The average Bonchev–Trinajstić information content (AvgIpc) is 1.63. The third-order valence-electron chi connectivity index (χ3n) is 0.707. The Morgan fingerprint density at radius 3 is 2.44 bits per heavy atom. The van der Waals surface area contributed by atoms with Crippen LogP contribution in [-0.4, -0.2) is 49.9 Å². The van der Waals surface area contributed by atoms with Gasteiger partial charge in [0.05, 0.1) is 0 Å². The number of carboxylic acid groups (broad SMARTS) is 1. The van der Waals surface area contributed by atoms with Gasteiger partial charge < -0.3 is 0 Å². The van der Waals surface area contributed by atoms with Crippen LogP contribution in [0.1, 0.15) is 6.92 Å². The van der Waals surface area contributed by atoms with E-state index < -0.39 is 12.2 Å². The Bertz CT molecular complexity index is 106. The van der Waals surface area contributed by atoms with Crippen molar-refractivity contribution in [1.29, 1.82) is 0 Å². The van der Waals surface area contributed by atoms with E-state index in [1.165, 1.54) is 0 Å². The van der Waals surface area contributed by atoms with E-state index in [1.54, 1.807) is 6.92 Å². The molecule has 0 aromatic carbocycles. The van der Waals surface area contributed by atoms with Crippen LogP contribution in [0.5, 0.6) is 0 Å². The molecule has 0 aliphatic rings. The van der Waals surface area contributed by atoms with Crippen molar-refractivity contribution in [2.75, 3.05) is 6.54 Å². The summed E-state index contributed by atoms with van der Waals surface area (Å²) in [6.07, 6.45) is -1.57. The van der Waals surface area contributed by atoms with Crippen LogP contribution in [0.2, 0.25) is 0 Å². The van der Waals surface area contributed by atoms with Crippen LogP contribution in [0.4, 0.5) is 4.79 Å². The molecule has 0 saturated heterocycles. The minimum atomic E-state index is -0.990. The van der Waals surface area contributed by atoms with Gasteiger partial charge in [-0.05, 0) is 0 Å². The fourth-order valence-electron chi connectivity index (χ4n) is 0.363. The monoisotopic (exact) mass is 195 g/mol. The van der Waals surface area contributed by atoms with Crippen LogP contribution in [0.25, 0.3) is 0 Å². The summed E-state index contributed by atoms with van der Waals surface area (Å²) in [5.41, 5.74) is 0. The van der Waals surface area contributed by atoms with Gasteiger partial charge in [0.15, 0.2) is 0 Å². The molecule has 54 valence electrons. The van der Waals surface area contributed by atoms with Crippen molar-refractivity contribution in [3.63, 3.8) is 0 Å². The molecule has 0 aliphatic heterocycles. The molecular formula is C4H10AsNO3. The number of aliphatic hydroxyl groups excluding tert-OH is 1. The zero-order valence-corrected chi connectivity index (χ0v) is 7.53. The van der Waals surface area contributed by atoms with Gasteiger partial charge in [0.25, 0.3) is 0 Å². The van der Waals surface area contributed by atoms with Gasteiger partial charge in [0.1, 0.15) is 0 Å². The molecule has 1 unspecified atom stereocenters. The molecule has 0 fully saturated rings. The summed E-state index contributed by atoms with van der Waals surface area (Å²) in [5.74, 6) is 0. The summed E-state index contributed by atoms with van der Waals surface area (Å²) in [4.78, 5) is 10.1. The fraction of sp³-hybridized carbons (Fsp3) is 0.750. The van der Waals surface area contributed by atoms with E-state index in [9.17, 15) is 4.79 Å². The van der Waals surface area contributed by atoms with Gasteiger partial charge in [-0.15, -0.1) is 0 Å². The SMILES string of the molecule is C[C@@H](O)CN([AsH2])C(=O)O. The number of aliphatic hydroxyl groups is 1. The zero-order chi connectivity index (χ0) is 7.44.